The smallest absolute Gasteiger partial charge is 0.324 e. The Morgan fingerprint density at radius 2 is 1.56 bits per heavy atom. The molecule has 0 radical (unpaired) electrons. The third-order valence-electron chi connectivity index (χ3n) is 1.50. The first kappa shape index (κ1) is 9.15. The molecule has 0 aliphatic rings. The Balaban J connectivity index is 4.05. The molecule has 1 atom stereocenters. The van der Waals surface area contributed by atoms with E-state index in [9.17, 15) is 4.57 Å². The molecule has 0 rings (SSSR count). The summed E-state index contributed by atoms with van der Waals surface area (Å²) in [5.41, 5.74) is -0.516. The van der Waals surface area contributed by atoms with Crippen LogP contribution in [-0.2, 0) is 4.57 Å². The minimum atomic E-state index is -3.81. The molecule has 0 saturated carbocycles. The van der Waals surface area contributed by atoms with Gasteiger partial charge in [0.1, 0.15) is 0 Å². The average molecular weight is 152 g/mol. The van der Waals surface area contributed by atoms with Crippen molar-refractivity contribution in [1.29, 1.82) is 0 Å². The Morgan fingerprint density at radius 3 is 1.56 bits per heavy atom. The SMILES string of the molecule is CC(C)[C@@H](C)P(=O)(O)O. The number of hydrogen-bond donors (Lipinski definition) is 2. The van der Waals surface area contributed by atoms with Crippen molar-refractivity contribution in [3.63, 3.8) is 0 Å². The molecule has 0 spiro atoms. The lowest BCUT2D eigenvalue weighted by Gasteiger charge is -2.15. The molecule has 0 aliphatic heterocycles. The Morgan fingerprint density at radius 1 is 1.22 bits per heavy atom. The molecule has 9 heavy (non-hydrogen) atoms. The van der Waals surface area contributed by atoms with E-state index in [0.29, 0.717) is 0 Å². The molecule has 0 unspecified atom stereocenters. The summed E-state index contributed by atoms with van der Waals surface area (Å²) in [7, 11) is -3.81. The number of hydrogen-bond acceptors (Lipinski definition) is 1. The molecule has 0 bridgehead atoms. The van der Waals surface area contributed by atoms with Crippen molar-refractivity contribution in [2.24, 2.45) is 5.92 Å². The van der Waals surface area contributed by atoms with E-state index in [2.05, 4.69) is 0 Å². The van der Waals surface area contributed by atoms with Crippen LogP contribution in [0.1, 0.15) is 20.8 Å². The van der Waals surface area contributed by atoms with Crippen molar-refractivity contribution in [1.82, 2.24) is 0 Å². The van der Waals surface area contributed by atoms with Gasteiger partial charge in [-0.15, -0.1) is 0 Å². The second kappa shape index (κ2) is 2.82. The summed E-state index contributed by atoms with van der Waals surface area (Å²) in [6, 6.07) is 0. The third kappa shape index (κ3) is 2.99. The van der Waals surface area contributed by atoms with E-state index in [1.54, 1.807) is 20.8 Å². The quantitative estimate of drug-likeness (QED) is 0.584. The molecule has 0 aromatic heterocycles. The minimum absolute atomic E-state index is 0.0471. The van der Waals surface area contributed by atoms with Crippen LogP contribution in [0.5, 0.6) is 0 Å². The summed E-state index contributed by atoms with van der Waals surface area (Å²) < 4.78 is 10.5. The van der Waals surface area contributed by atoms with Gasteiger partial charge in [-0.25, -0.2) is 0 Å². The van der Waals surface area contributed by atoms with Crippen LogP contribution in [0.15, 0.2) is 0 Å². The highest BCUT2D eigenvalue weighted by molar-refractivity contribution is 7.52. The normalized spacial score (nSPS) is 16.2. The van der Waals surface area contributed by atoms with Crippen molar-refractivity contribution in [3.8, 4) is 0 Å². The van der Waals surface area contributed by atoms with Crippen LogP contribution < -0.4 is 0 Å². The molecule has 3 nitrogen and oxygen atoms in total. The molecule has 4 heteroatoms. The van der Waals surface area contributed by atoms with Gasteiger partial charge in [0, 0.05) is 0 Å². The Bertz CT molecular complexity index is 126. The molecule has 0 saturated heterocycles. The van der Waals surface area contributed by atoms with Crippen molar-refractivity contribution in [2.45, 2.75) is 26.4 Å². The van der Waals surface area contributed by atoms with Crippen LogP contribution in [0.4, 0.5) is 0 Å². The van der Waals surface area contributed by atoms with Crippen LogP contribution in [0, 0.1) is 5.92 Å². The van der Waals surface area contributed by atoms with E-state index in [1.807, 2.05) is 0 Å². The second-order valence-corrected chi connectivity index (χ2v) is 4.57. The van der Waals surface area contributed by atoms with Gasteiger partial charge in [0.15, 0.2) is 0 Å². The maximum Gasteiger partial charge on any atom is 0.328 e. The lowest BCUT2D eigenvalue weighted by atomic mass is 10.2. The highest BCUT2D eigenvalue weighted by Crippen LogP contribution is 2.44. The van der Waals surface area contributed by atoms with E-state index in [-0.39, 0.29) is 5.92 Å². The van der Waals surface area contributed by atoms with E-state index in [0.717, 1.165) is 0 Å². The van der Waals surface area contributed by atoms with Gasteiger partial charge in [0.05, 0.1) is 5.66 Å². The number of rotatable bonds is 2. The first-order chi connectivity index (χ1) is 3.85. The van der Waals surface area contributed by atoms with Crippen molar-refractivity contribution in [2.75, 3.05) is 0 Å². The predicted molar refractivity (Wildman–Crippen MR) is 36.3 cm³/mol. The van der Waals surface area contributed by atoms with Crippen LogP contribution in [0.3, 0.4) is 0 Å². The van der Waals surface area contributed by atoms with Gasteiger partial charge in [-0.3, -0.25) is 4.57 Å². The largest absolute Gasteiger partial charge is 0.328 e. The molecule has 0 fully saturated rings. The second-order valence-electron chi connectivity index (χ2n) is 2.57. The van der Waals surface area contributed by atoms with Gasteiger partial charge >= 0.3 is 7.60 Å². The van der Waals surface area contributed by atoms with Crippen molar-refractivity contribution in [3.05, 3.63) is 0 Å². The zero-order valence-electron chi connectivity index (χ0n) is 5.90. The van der Waals surface area contributed by atoms with Gasteiger partial charge in [-0.05, 0) is 5.92 Å². The highest BCUT2D eigenvalue weighted by Gasteiger charge is 2.26. The lowest BCUT2D eigenvalue weighted by Crippen LogP contribution is -2.10. The molecule has 56 valence electrons. The van der Waals surface area contributed by atoms with Crippen LogP contribution in [-0.4, -0.2) is 15.4 Å². The van der Waals surface area contributed by atoms with Crippen LogP contribution >= 0.6 is 7.60 Å². The molecule has 0 amide bonds. The van der Waals surface area contributed by atoms with Crippen LogP contribution in [0.25, 0.3) is 0 Å². The van der Waals surface area contributed by atoms with E-state index in [1.165, 1.54) is 0 Å². The van der Waals surface area contributed by atoms with Gasteiger partial charge in [-0.1, -0.05) is 20.8 Å². The zero-order valence-corrected chi connectivity index (χ0v) is 6.80. The van der Waals surface area contributed by atoms with Gasteiger partial charge < -0.3 is 9.79 Å². The maximum absolute atomic E-state index is 10.5. The summed E-state index contributed by atoms with van der Waals surface area (Å²) in [5.74, 6) is 0.0471. The monoisotopic (exact) mass is 152 g/mol. The van der Waals surface area contributed by atoms with E-state index >= 15 is 0 Å². The summed E-state index contributed by atoms with van der Waals surface area (Å²) in [5, 5.41) is 0. The third-order valence-corrected chi connectivity index (χ3v) is 3.15. The predicted octanol–water partition coefficient (Wildman–Crippen LogP) is 1.21. The molecular weight excluding hydrogens is 139 g/mol. The van der Waals surface area contributed by atoms with Gasteiger partial charge in [0.25, 0.3) is 0 Å². The van der Waals surface area contributed by atoms with Gasteiger partial charge in [-0.2, -0.15) is 0 Å². The minimum Gasteiger partial charge on any atom is -0.324 e. The van der Waals surface area contributed by atoms with Crippen LogP contribution in [0.2, 0.25) is 0 Å². The standard InChI is InChI=1S/C5H13O3P/c1-4(2)5(3)9(6,7)8/h4-5H,1-3H3,(H2,6,7,8)/t5-/m1/s1. The Kier molecular flexibility index (Phi) is 2.87. The Labute approximate surface area is 55.3 Å². The molecular formula is C5H13O3P. The average Bonchev–Trinajstić information content (AvgIpc) is 1.62. The molecule has 0 aromatic rings. The van der Waals surface area contributed by atoms with Crippen molar-refractivity contribution < 1.29 is 14.4 Å². The Hall–Kier alpha value is 0.150. The summed E-state index contributed by atoms with van der Waals surface area (Å²) in [4.78, 5) is 17.1. The lowest BCUT2D eigenvalue weighted by molar-refractivity contribution is 0.347. The fraction of sp³-hybridized carbons (Fsp3) is 1.00. The summed E-state index contributed by atoms with van der Waals surface area (Å²) >= 11 is 0. The topological polar surface area (TPSA) is 57.5 Å². The first-order valence-corrected chi connectivity index (χ1v) is 4.59. The fourth-order valence-corrected chi connectivity index (χ4v) is 1.17. The molecule has 0 aromatic carbocycles. The maximum atomic E-state index is 10.5. The van der Waals surface area contributed by atoms with Gasteiger partial charge in [0.2, 0.25) is 0 Å². The zero-order chi connectivity index (χ0) is 7.65. The molecule has 0 heterocycles. The fourth-order valence-electron chi connectivity index (χ4n) is 0.388. The summed E-state index contributed by atoms with van der Waals surface area (Å²) in [6.07, 6.45) is 0. The van der Waals surface area contributed by atoms with E-state index in [4.69, 9.17) is 9.79 Å². The van der Waals surface area contributed by atoms with Crippen molar-refractivity contribution >= 4 is 7.60 Å². The summed E-state index contributed by atoms with van der Waals surface area (Å²) in [6.45, 7) is 5.15. The molecule has 2 N–H and O–H groups in total. The molecule has 0 aliphatic carbocycles. The van der Waals surface area contributed by atoms with E-state index < -0.39 is 13.3 Å². The highest BCUT2D eigenvalue weighted by atomic mass is 31.2. The first-order valence-electron chi connectivity index (χ1n) is 2.91.